The molecule has 1 aliphatic heterocycles. The number of sulfonamides is 1. The number of aryl methyl sites for hydroxylation is 2. The maximum atomic E-state index is 12.5. The molecule has 1 aromatic rings. The number of hydrogen-bond donors (Lipinski definition) is 2. The molecule has 2 rings (SSSR count). The number of carboxylic acid groups (broad SMARTS) is 1. The molecule has 0 saturated carbocycles. The van der Waals surface area contributed by atoms with Gasteiger partial charge < -0.3 is 14.8 Å². The zero-order valence-electron chi connectivity index (χ0n) is 11.5. The van der Waals surface area contributed by atoms with Crippen molar-refractivity contribution in [2.75, 3.05) is 32.7 Å². The largest absolute Gasteiger partial charge is 0.544 e. The number of nitrogens with zero attached hydrogens (tertiary/aromatic N) is 2. The first-order valence-corrected chi connectivity index (χ1v) is 7.81. The monoisotopic (exact) mass is 302 g/mol. The minimum atomic E-state index is -3.57. The number of carbonyl (C=O) groups is 1. The number of nitrogens with one attached hydrogen (secondary N) is 2. The van der Waals surface area contributed by atoms with E-state index in [1.54, 1.807) is 13.8 Å². The van der Waals surface area contributed by atoms with Gasteiger partial charge in [-0.05, 0) is 13.8 Å². The van der Waals surface area contributed by atoms with Crippen molar-refractivity contribution >= 4 is 16.0 Å². The first-order chi connectivity index (χ1) is 9.32. The Balaban J connectivity index is 2.12. The number of carboxylic acids is 1. The van der Waals surface area contributed by atoms with Crippen LogP contribution in [-0.2, 0) is 14.8 Å². The van der Waals surface area contributed by atoms with Gasteiger partial charge in [-0.3, -0.25) is 5.10 Å². The first-order valence-electron chi connectivity index (χ1n) is 6.37. The highest BCUT2D eigenvalue weighted by Gasteiger charge is 2.33. The summed E-state index contributed by atoms with van der Waals surface area (Å²) in [6, 6.07) is 0. The van der Waals surface area contributed by atoms with Crippen molar-refractivity contribution in [1.29, 1.82) is 0 Å². The van der Waals surface area contributed by atoms with Crippen molar-refractivity contribution in [2.24, 2.45) is 0 Å². The van der Waals surface area contributed by atoms with E-state index in [9.17, 15) is 18.3 Å². The van der Waals surface area contributed by atoms with Gasteiger partial charge in [0.1, 0.15) is 11.4 Å². The highest BCUT2D eigenvalue weighted by molar-refractivity contribution is 7.89. The lowest BCUT2D eigenvalue weighted by Crippen LogP contribution is -3.16. The van der Waals surface area contributed by atoms with Gasteiger partial charge in [0.2, 0.25) is 10.0 Å². The standard InChI is InChI=1S/C11H18N4O4S/c1-8-11(9(2)13-12-8)20(18,19)15-5-3-14(4-6-15)7-10(16)17/h3-7H2,1-2H3,(H,12,13)(H,16,17). The third-order valence-corrected chi connectivity index (χ3v) is 5.64. The molecule has 9 heteroatoms. The minimum Gasteiger partial charge on any atom is -0.544 e. The summed E-state index contributed by atoms with van der Waals surface area (Å²) in [6.07, 6.45) is 0. The molecule has 0 unspecified atom stereocenters. The molecular formula is C11H18N4O4S. The minimum absolute atomic E-state index is 0.0857. The van der Waals surface area contributed by atoms with Gasteiger partial charge in [-0.15, -0.1) is 0 Å². The normalized spacial score (nSPS) is 18.3. The zero-order chi connectivity index (χ0) is 14.9. The number of H-pyrrole nitrogens is 1. The molecule has 8 nitrogen and oxygen atoms in total. The lowest BCUT2D eigenvalue weighted by Gasteiger charge is -2.31. The van der Waals surface area contributed by atoms with Crippen molar-refractivity contribution < 1.29 is 23.2 Å². The lowest BCUT2D eigenvalue weighted by atomic mass is 10.3. The Labute approximate surface area is 117 Å². The third-order valence-electron chi connectivity index (χ3n) is 3.48. The Kier molecular flexibility index (Phi) is 4.11. The number of piperazine rings is 1. The Bertz CT molecular complexity index is 582. The van der Waals surface area contributed by atoms with Crippen LogP contribution in [0.25, 0.3) is 0 Å². The Morgan fingerprint density at radius 2 is 2.00 bits per heavy atom. The number of hydrogen-bond acceptors (Lipinski definition) is 5. The number of aromatic amines is 1. The molecule has 0 bridgehead atoms. The van der Waals surface area contributed by atoms with Gasteiger partial charge in [0.05, 0.1) is 43.5 Å². The van der Waals surface area contributed by atoms with Crippen molar-refractivity contribution in [3.8, 4) is 0 Å². The van der Waals surface area contributed by atoms with Crippen molar-refractivity contribution in [2.45, 2.75) is 18.7 Å². The average Bonchev–Trinajstić information content (AvgIpc) is 2.69. The van der Waals surface area contributed by atoms with E-state index in [0.717, 1.165) is 4.90 Å². The fourth-order valence-electron chi connectivity index (χ4n) is 2.47. The Morgan fingerprint density at radius 3 is 2.45 bits per heavy atom. The van der Waals surface area contributed by atoms with Crippen LogP contribution in [-0.4, -0.2) is 61.6 Å². The summed E-state index contributed by atoms with van der Waals surface area (Å²) in [6.45, 7) is 4.76. The number of rotatable bonds is 4. The summed E-state index contributed by atoms with van der Waals surface area (Å²) in [4.78, 5) is 11.6. The molecule has 1 aliphatic rings. The van der Waals surface area contributed by atoms with Gasteiger partial charge in [0.15, 0.2) is 0 Å². The predicted molar refractivity (Wildman–Crippen MR) is 67.4 cm³/mol. The van der Waals surface area contributed by atoms with Gasteiger partial charge in [-0.1, -0.05) is 0 Å². The van der Waals surface area contributed by atoms with Gasteiger partial charge >= 0.3 is 0 Å². The van der Waals surface area contributed by atoms with Crippen LogP contribution in [0, 0.1) is 13.8 Å². The van der Waals surface area contributed by atoms with Crippen LogP contribution in [0.1, 0.15) is 11.4 Å². The van der Waals surface area contributed by atoms with E-state index in [4.69, 9.17) is 0 Å². The van der Waals surface area contributed by atoms with Crippen LogP contribution >= 0.6 is 0 Å². The summed E-state index contributed by atoms with van der Waals surface area (Å²) < 4.78 is 26.5. The van der Waals surface area contributed by atoms with Crippen molar-refractivity contribution in [3.63, 3.8) is 0 Å². The summed E-state index contributed by atoms with van der Waals surface area (Å²) in [5.41, 5.74) is 0.971. The average molecular weight is 302 g/mol. The van der Waals surface area contributed by atoms with Crippen LogP contribution in [0.15, 0.2) is 4.90 Å². The molecule has 0 spiro atoms. The molecule has 0 aromatic carbocycles. The lowest BCUT2D eigenvalue weighted by molar-refractivity contribution is -0.898. The van der Waals surface area contributed by atoms with E-state index in [-0.39, 0.29) is 11.4 Å². The molecule has 1 saturated heterocycles. The molecule has 20 heavy (non-hydrogen) atoms. The number of aromatic nitrogens is 2. The van der Waals surface area contributed by atoms with Crippen LogP contribution in [0.3, 0.4) is 0 Å². The maximum Gasteiger partial charge on any atom is 0.247 e. The van der Waals surface area contributed by atoms with Crippen LogP contribution in [0.4, 0.5) is 0 Å². The Hall–Kier alpha value is -1.45. The van der Waals surface area contributed by atoms with E-state index in [1.807, 2.05) is 0 Å². The molecular weight excluding hydrogens is 284 g/mol. The van der Waals surface area contributed by atoms with Crippen LogP contribution < -0.4 is 10.0 Å². The molecule has 1 aromatic heterocycles. The molecule has 112 valence electrons. The predicted octanol–water partition coefficient (Wildman–Crippen LogP) is -3.33. The number of quaternary nitrogens is 1. The second-order valence-electron chi connectivity index (χ2n) is 4.97. The van der Waals surface area contributed by atoms with Gasteiger partial charge in [-0.25, -0.2) is 8.42 Å². The second-order valence-corrected chi connectivity index (χ2v) is 6.84. The molecule has 2 heterocycles. The smallest absolute Gasteiger partial charge is 0.247 e. The van der Waals surface area contributed by atoms with Gasteiger partial charge in [0.25, 0.3) is 0 Å². The summed E-state index contributed by atoms with van der Waals surface area (Å²) in [5, 5.41) is 17.1. The quantitative estimate of drug-likeness (QED) is 0.604. The van der Waals surface area contributed by atoms with E-state index in [2.05, 4.69) is 10.2 Å². The summed E-state index contributed by atoms with van der Waals surface area (Å²) in [5.74, 6) is -1.11. The second kappa shape index (κ2) is 5.51. The van der Waals surface area contributed by atoms with E-state index < -0.39 is 16.0 Å². The first kappa shape index (κ1) is 14.9. The fraction of sp³-hybridized carbons (Fsp3) is 0.636. The summed E-state index contributed by atoms with van der Waals surface area (Å²) in [7, 11) is -3.57. The van der Waals surface area contributed by atoms with Crippen molar-refractivity contribution in [1.82, 2.24) is 14.5 Å². The number of carbonyl (C=O) groups excluding carboxylic acids is 1. The zero-order valence-corrected chi connectivity index (χ0v) is 12.3. The van der Waals surface area contributed by atoms with Crippen LogP contribution in [0.5, 0.6) is 0 Å². The molecule has 0 aliphatic carbocycles. The molecule has 0 amide bonds. The SMILES string of the molecule is Cc1n[nH]c(C)c1S(=O)(=O)N1CC[NH+](CC(=O)[O-])CC1. The fourth-order valence-corrected chi connectivity index (χ4v) is 4.25. The molecule has 0 atom stereocenters. The van der Waals surface area contributed by atoms with Crippen LogP contribution in [0.2, 0.25) is 0 Å². The van der Waals surface area contributed by atoms with E-state index in [0.29, 0.717) is 37.6 Å². The van der Waals surface area contributed by atoms with E-state index in [1.165, 1.54) is 4.31 Å². The Morgan fingerprint density at radius 1 is 1.40 bits per heavy atom. The third kappa shape index (κ3) is 2.84. The maximum absolute atomic E-state index is 12.5. The van der Waals surface area contributed by atoms with E-state index >= 15 is 0 Å². The molecule has 2 N–H and O–H groups in total. The van der Waals surface area contributed by atoms with Gasteiger partial charge in [0, 0.05) is 0 Å². The summed E-state index contributed by atoms with van der Waals surface area (Å²) >= 11 is 0. The highest BCUT2D eigenvalue weighted by Crippen LogP contribution is 2.21. The molecule has 1 fully saturated rings. The van der Waals surface area contributed by atoms with Gasteiger partial charge in [-0.2, -0.15) is 9.40 Å². The molecule has 0 radical (unpaired) electrons. The number of aliphatic carboxylic acids is 1. The topological polar surface area (TPSA) is 111 Å². The van der Waals surface area contributed by atoms with Crippen molar-refractivity contribution in [3.05, 3.63) is 11.4 Å². The highest BCUT2D eigenvalue weighted by atomic mass is 32.2.